The largest absolute Gasteiger partial charge is 0.494 e. The molecular formula is C22H20N4O3S. The van der Waals surface area contributed by atoms with E-state index in [0.29, 0.717) is 28.4 Å². The number of nitrogens with one attached hydrogen (secondary N) is 1. The van der Waals surface area contributed by atoms with Crippen LogP contribution in [0.4, 0.5) is 11.4 Å². The minimum Gasteiger partial charge on any atom is -0.494 e. The molecule has 0 aliphatic carbocycles. The van der Waals surface area contributed by atoms with E-state index in [1.54, 1.807) is 23.7 Å². The van der Waals surface area contributed by atoms with Gasteiger partial charge in [-0.2, -0.15) is 5.26 Å². The van der Waals surface area contributed by atoms with Crippen LogP contribution in [0.1, 0.15) is 24.8 Å². The third-order valence-electron chi connectivity index (χ3n) is 4.21. The number of thiazole rings is 1. The van der Waals surface area contributed by atoms with Gasteiger partial charge in [-0.1, -0.05) is 25.5 Å². The molecule has 0 saturated heterocycles. The summed E-state index contributed by atoms with van der Waals surface area (Å²) in [4.78, 5) is 15.0. The molecule has 1 aromatic heterocycles. The number of nitrogens with zero attached hydrogens (tertiary/aromatic N) is 3. The highest BCUT2D eigenvalue weighted by Gasteiger charge is 2.12. The van der Waals surface area contributed by atoms with E-state index in [4.69, 9.17) is 4.74 Å². The van der Waals surface area contributed by atoms with Gasteiger partial charge in [-0.25, -0.2) is 4.98 Å². The standard InChI is InChI=1S/C22H20N4O3S/c1-2-3-11-29-20-9-7-18(8-10-20)24-14-17(13-23)22-25-21(15-30-22)16-5-4-6-19(12-16)26(27)28/h4-10,12,14-15,24H,2-3,11H2,1H3/b17-14+. The molecule has 0 amide bonds. The van der Waals surface area contributed by atoms with Crippen molar-refractivity contribution in [2.45, 2.75) is 19.8 Å². The summed E-state index contributed by atoms with van der Waals surface area (Å²) in [5.41, 5.74) is 2.42. The Morgan fingerprint density at radius 2 is 2.13 bits per heavy atom. The van der Waals surface area contributed by atoms with Gasteiger partial charge in [0, 0.05) is 35.0 Å². The zero-order valence-corrected chi connectivity index (χ0v) is 17.2. The Morgan fingerprint density at radius 3 is 2.83 bits per heavy atom. The minimum absolute atomic E-state index is 0.00175. The van der Waals surface area contributed by atoms with Crippen molar-refractivity contribution in [3.05, 3.63) is 75.2 Å². The molecule has 0 bridgehead atoms. The molecule has 0 spiro atoms. The SMILES string of the molecule is CCCCOc1ccc(N/C=C(\C#N)c2nc(-c3cccc([N+](=O)[O-])c3)cs2)cc1. The molecule has 3 aromatic rings. The summed E-state index contributed by atoms with van der Waals surface area (Å²) in [5.74, 6) is 0.806. The summed E-state index contributed by atoms with van der Waals surface area (Å²) in [6.07, 6.45) is 3.70. The molecule has 30 heavy (non-hydrogen) atoms. The number of ether oxygens (including phenoxy) is 1. The van der Waals surface area contributed by atoms with Crippen molar-refractivity contribution in [2.75, 3.05) is 11.9 Å². The molecule has 8 heteroatoms. The van der Waals surface area contributed by atoms with Gasteiger partial charge in [-0.15, -0.1) is 11.3 Å². The molecule has 0 radical (unpaired) electrons. The van der Waals surface area contributed by atoms with Gasteiger partial charge >= 0.3 is 0 Å². The predicted octanol–water partition coefficient (Wildman–Crippen LogP) is 5.87. The maximum atomic E-state index is 11.0. The van der Waals surface area contributed by atoms with E-state index < -0.39 is 4.92 Å². The number of aromatic nitrogens is 1. The lowest BCUT2D eigenvalue weighted by Gasteiger charge is -2.06. The summed E-state index contributed by atoms with van der Waals surface area (Å²) in [7, 11) is 0. The van der Waals surface area contributed by atoms with Gasteiger partial charge in [-0.3, -0.25) is 10.1 Å². The van der Waals surface area contributed by atoms with Gasteiger partial charge < -0.3 is 10.1 Å². The Balaban J connectivity index is 1.71. The van der Waals surface area contributed by atoms with Crippen LogP contribution in [0.2, 0.25) is 0 Å². The molecular weight excluding hydrogens is 400 g/mol. The number of hydrogen-bond acceptors (Lipinski definition) is 7. The Kier molecular flexibility index (Phi) is 7.14. The third-order valence-corrected chi connectivity index (χ3v) is 5.09. The van der Waals surface area contributed by atoms with E-state index in [1.165, 1.54) is 23.5 Å². The number of non-ortho nitro benzene ring substituents is 1. The molecule has 0 fully saturated rings. The lowest BCUT2D eigenvalue weighted by Crippen LogP contribution is -1.96. The average molecular weight is 420 g/mol. The van der Waals surface area contributed by atoms with E-state index >= 15 is 0 Å². The van der Waals surface area contributed by atoms with Crippen molar-refractivity contribution >= 4 is 28.3 Å². The van der Waals surface area contributed by atoms with Crippen LogP contribution < -0.4 is 10.1 Å². The number of nitriles is 1. The second-order valence-corrected chi connectivity index (χ2v) is 7.24. The lowest BCUT2D eigenvalue weighted by atomic mass is 10.1. The van der Waals surface area contributed by atoms with Crippen molar-refractivity contribution in [3.63, 3.8) is 0 Å². The average Bonchev–Trinajstić information content (AvgIpc) is 3.25. The quantitative estimate of drug-likeness (QED) is 0.201. The molecule has 0 atom stereocenters. The van der Waals surface area contributed by atoms with Gasteiger partial charge in [0.15, 0.2) is 0 Å². The Bertz CT molecular complexity index is 1080. The molecule has 0 aliphatic heterocycles. The predicted molar refractivity (Wildman–Crippen MR) is 118 cm³/mol. The lowest BCUT2D eigenvalue weighted by molar-refractivity contribution is -0.384. The van der Waals surface area contributed by atoms with Crippen LogP contribution in [0.3, 0.4) is 0 Å². The fraction of sp³-hybridized carbons (Fsp3) is 0.182. The number of nitro benzene ring substituents is 1. The fourth-order valence-electron chi connectivity index (χ4n) is 2.59. The van der Waals surface area contributed by atoms with Crippen molar-refractivity contribution in [1.82, 2.24) is 4.98 Å². The number of unbranched alkanes of at least 4 members (excludes halogenated alkanes) is 1. The number of rotatable bonds is 9. The smallest absolute Gasteiger partial charge is 0.270 e. The Morgan fingerprint density at radius 1 is 1.33 bits per heavy atom. The first kappa shape index (κ1) is 21.0. The maximum Gasteiger partial charge on any atom is 0.270 e. The molecule has 1 heterocycles. The number of allylic oxidation sites excluding steroid dienone is 1. The number of benzene rings is 2. The van der Waals surface area contributed by atoms with Crippen LogP contribution >= 0.6 is 11.3 Å². The van der Waals surface area contributed by atoms with Gasteiger partial charge in [0.1, 0.15) is 22.4 Å². The van der Waals surface area contributed by atoms with E-state index in [9.17, 15) is 15.4 Å². The van der Waals surface area contributed by atoms with Crippen LogP contribution in [-0.2, 0) is 0 Å². The number of anilines is 1. The van der Waals surface area contributed by atoms with Crippen LogP contribution in [0.15, 0.2) is 60.1 Å². The molecule has 1 N–H and O–H groups in total. The topological polar surface area (TPSA) is 101 Å². The van der Waals surface area contributed by atoms with Gasteiger partial charge in [0.05, 0.1) is 17.2 Å². The summed E-state index contributed by atoms with van der Waals surface area (Å²) < 4.78 is 5.64. The highest BCUT2D eigenvalue weighted by atomic mass is 32.1. The van der Waals surface area contributed by atoms with Gasteiger partial charge in [-0.05, 0) is 30.7 Å². The first-order chi connectivity index (χ1) is 14.6. The van der Waals surface area contributed by atoms with E-state index in [-0.39, 0.29) is 5.69 Å². The number of nitro groups is 1. The number of hydrogen-bond donors (Lipinski definition) is 1. The highest BCUT2D eigenvalue weighted by molar-refractivity contribution is 7.11. The Labute approximate surface area is 178 Å². The highest BCUT2D eigenvalue weighted by Crippen LogP contribution is 2.28. The van der Waals surface area contributed by atoms with Crippen LogP contribution in [0.5, 0.6) is 5.75 Å². The summed E-state index contributed by atoms with van der Waals surface area (Å²) in [6.45, 7) is 2.81. The van der Waals surface area contributed by atoms with Crippen molar-refractivity contribution < 1.29 is 9.66 Å². The zero-order valence-electron chi connectivity index (χ0n) is 16.4. The fourth-order valence-corrected chi connectivity index (χ4v) is 3.38. The molecule has 0 unspecified atom stereocenters. The molecule has 152 valence electrons. The van der Waals surface area contributed by atoms with Crippen molar-refractivity contribution in [3.8, 4) is 23.1 Å². The van der Waals surface area contributed by atoms with Crippen LogP contribution in [0, 0.1) is 21.4 Å². The normalized spacial score (nSPS) is 11.0. The monoisotopic (exact) mass is 420 g/mol. The maximum absolute atomic E-state index is 11.0. The van der Waals surface area contributed by atoms with Crippen LogP contribution in [-0.4, -0.2) is 16.5 Å². The molecule has 7 nitrogen and oxygen atoms in total. The minimum atomic E-state index is -0.443. The molecule has 2 aromatic carbocycles. The first-order valence-corrected chi connectivity index (χ1v) is 10.3. The van der Waals surface area contributed by atoms with Gasteiger partial charge in [0.25, 0.3) is 5.69 Å². The zero-order chi connectivity index (χ0) is 21.3. The molecule has 3 rings (SSSR count). The third kappa shape index (κ3) is 5.43. The summed E-state index contributed by atoms with van der Waals surface area (Å²) >= 11 is 1.31. The van der Waals surface area contributed by atoms with E-state index in [0.717, 1.165) is 24.3 Å². The molecule has 0 aliphatic rings. The van der Waals surface area contributed by atoms with E-state index in [1.807, 2.05) is 24.3 Å². The second kappa shape index (κ2) is 10.2. The Hall–Kier alpha value is -3.70. The second-order valence-electron chi connectivity index (χ2n) is 6.39. The summed E-state index contributed by atoms with van der Waals surface area (Å²) in [6, 6.07) is 15.9. The van der Waals surface area contributed by atoms with Crippen molar-refractivity contribution in [2.24, 2.45) is 0 Å². The first-order valence-electron chi connectivity index (χ1n) is 9.41. The summed E-state index contributed by atoms with van der Waals surface area (Å²) in [5, 5.41) is 25.9. The van der Waals surface area contributed by atoms with Crippen molar-refractivity contribution in [1.29, 1.82) is 5.26 Å². The molecule has 0 saturated carbocycles. The van der Waals surface area contributed by atoms with Crippen LogP contribution in [0.25, 0.3) is 16.8 Å². The van der Waals surface area contributed by atoms with E-state index in [2.05, 4.69) is 23.3 Å². The van der Waals surface area contributed by atoms with Gasteiger partial charge in [0.2, 0.25) is 0 Å².